The molecule has 7 nitrogen and oxygen atoms in total. The summed E-state index contributed by atoms with van der Waals surface area (Å²) in [6.45, 7) is 3.23. The van der Waals surface area contributed by atoms with E-state index in [-0.39, 0.29) is 6.23 Å². The largest absolute Gasteiger partial charge is 0.469 e. The van der Waals surface area contributed by atoms with Crippen molar-refractivity contribution < 1.29 is 4.74 Å². The van der Waals surface area contributed by atoms with Crippen LogP contribution in [0.4, 0.5) is 0 Å². The highest BCUT2D eigenvalue weighted by atomic mass is 16.5. The zero-order valence-corrected chi connectivity index (χ0v) is 19.0. The number of rotatable bonds is 4. The normalized spacial score (nSPS) is 19.2. The number of imidazole rings is 2. The molecular formula is C27H26N6O. The van der Waals surface area contributed by atoms with Gasteiger partial charge >= 0.3 is 0 Å². The Kier molecular flexibility index (Phi) is 4.38. The number of hydrogen-bond acceptors (Lipinski definition) is 4. The molecular weight excluding hydrogens is 424 g/mol. The molecule has 5 heterocycles. The number of nitrogens with one attached hydrogen (secondary N) is 3. The van der Waals surface area contributed by atoms with Crippen LogP contribution in [0.3, 0.4) is 0 Å². The van der Waals surface area contributed by atoms with E-state index in [2.05, 4.69) is 79.2 Å². The SMILES string of the molecule is CCC1Oc2cc(-c3cnc[nH]3)ccc2-c2cc3cc(-c4cnc(C5CCCN5)[nH]4)ccc3n21. The molecule has 7 heteroatoms. The van der Waals surface area contributed by atoms with E-state index in [1.165, 1.54) is 23.0 Å². The molecule has 2 unspecified atom stereocenters. The monoisotopic (exact) mass is 450 g/mol. The Hall–Kier alpha value is -3.84. The molecule has 2 aliphatic rings. The van der Waals surface area contributed by atoms with E-state index in [1.807, 2.05) is 12.4 Å². The summed E-state index contributed by atoms with van der Waals surface area (Å²) < 4.78 is 8.82. The van der Waals surface area contributed by atoms with Gasteiger partial charge in [0.1, 0.15) is 11.6 Å². The van der Waals surface area contributed by atoms with Crippen molar-refractivity contribution in [3.63, 3.8) is 0 Å². The zero-order chi connectivity index (χ0) is 22.6. The van der Waals surface area contributed by atoms with Crippen LogP contribution >= 0.6 is 0 Å². The molecule has 34 heavy (non-hydrogen) atoms. The van der Waals surface area contributed by atoms with Crippen molar-refractivity contribution >= 4 is 10.9 Å². The van der Waals surface area contributed by atoms with Crippen LogP contribution in [-0.2, 0) is 0 Å². The molecule has 5 aromatic rings. The molecule has 0 aliphatic carbocycles. The summed E-state index contributed by atoms with van der Waals surface area (Å²) in [4.78, 5) is 15.5. The highest BCUT2D eigenvalue weighted by Crippen LogP contribution is 2.44. The number of H-pyrrole nitrogens is 2. The standard InChI is InChI=1S/C27H26N6O/c1-2-26-33-23-8-6-16(22-14-30-27(32-22)20-4-3-9-29-20)10-18(23)11-24(33)19-7-5-17(12-25(19)34-26)21-13-28-15-31-21/h5-8,10-15,20,26,29H,2-4,9H2,1H3,(H,28,31)(H,30,32). The number of aromatic amines is 2. The molecule has 7 rings (SSSR count). The number of aromatic nitrogens is 5. The van der Waals surface area contributed by atoms with E-state index in [4.69, 9.17) is 4.74 Å². The molecule has 2 aliphatic heterocycles. The van der Waals surface area contributed by atoms with E-state index < -0.39 is 0 Å². The lowest BCUT2D eigenvalue weighted by atomic mass is 10.0. The Morgan fingerprint density at radius 1 is 1.06 bits per heavy atom. The van der Waals surface area contributed by atoms with Crippen LogP contribution < -0.4 is 10.1 Å². The van der Waals surface area contributed by atoms with E-state index in [1.54, 1.807) is 6.33 Å². The molecule has 2 atom stereocenters. The maximum Gasteiger partial charge on any atom is 0.176 e. The molecule has 0 radical (unpaired) electrons. The van der Waals surface area contributed by atoms with E-state index in [0.29, 0.717) is 6.04 Å². The summed E-state index contributed by atoms with van der Waals surface area (Å²) in [5.74, 6) is 1.95. The Labute approximate surface area is 197 Å². The van der Waals surface area contributed by atoms with Crippen molar-refractivity contribution in [2.24, 2.45) is 0 Å². The first-order chi connectivity index (χ1) is 16.8. The number of benzene rings is 2. The molecule has 0 bridgehead atoms. The highest BCUT2D eigenvalue weighted by Gasteiger charge is 2.27. The molecule has 3 N–H and O–H groups in total. The van der Waals surface area contributed by atoms with Crippen molar-refractivity contribution in [3.8, 4) is 39.5 Å². The first-order valence-corrected chi connectivity index (χ1v) is 12.0. The summed E-state index contributed by atoms with van der Waals surface area (Å²) >= 11 is 0. The maximum absolute atomic E-state index is 6.49. The van der Waals surface area contributed by atoms with Crippen LogP contribution in [0, 0.1) is 0 Å². The van der Waals surface area contributed by atoms with Crippen LogP contribution in [0.15, 0.2) is 61.2 Å². The van der Waals surface area contributed by atoms with Gasteiger partial charge in [-0.05, 0) is 49.7 Å². The second kappa shape index (κ2) is 7.60. The Bertz CT molecular complexity index is 1490. The average Bonchev–Trinajstić information content (AvgIpc) is 3.68. The minimum Gasteiger partial charge on any atom is -0.469 e. The summed E-state index contributed by atoms with van der Waals surface area (Å²) in [7, 11) is 0. The molecule has 3 aromatic heterocycles. The van der Waals surface area contributed by atoms with Gasteiger partial charge in [-0.2, -0.15) is 0 Å². The van der Waals surface area contributed by atoms with Gasteiger partial charge in [0, 0.05) is 28.5 Å². The molecule has 1 fully saturated rings. The van der Waals surface area contributed by atoms with E-state index >= 15 is 0 Å². The molecule has 0 saturated carbocycles. The van der Waals surface area contributed by atoms with Crippen LogP contribution in [0.2, 0.25) is 0 Å². The first-order valence-electron chi connectivity index (χ1n) is 12.0. The van der Waals surface area contributed by atoms with Gasteiger partial charge in [-0.15, -0.1) is 0 Å². The van der Waals surface area contributed by atoms with Gasteiger partial charge in [0.25, 0.3) is 0 Å². The first kappa shape index (κ1) is 19.6. The number of hydrogen-bond donors (Lipinski definition) is 3. The van der Waals surface area contributed by atoms with Gasteiger partial charge in [-0.25, -0.2) is 9.97 Å². The molecule has 0 spiro atoms. The summed E-state index contributed by atoms with van der Waals surface area (Å²) in [5.41, 5.74) is 7.76. The van der Waals surface area contributed by atoms with Gasteiger partial charge in [-0.3, -0.25) is 0 Å². The third-order valence-corrected chi connectivity index (χ3v) is 7.10. The van der Waals surface area contributed by atoms with Crippen LogP contribution in [0.1, 0.15) is 44.3 Å². The van der Waals surface area contributed by atoms with Gasteiger partial charge in [-0.1, -0.05) is 19.1 Å². The number of nitrogens with zero attached hydrogens (tertiary/aromatic N) is 3. The number of fused-ring (bicyclic) bond motifs is 5. The van der Waals surface area contributed by atoms with Crippen molar-refractivity contribution in [1.29, 1.82) is 0 Å². The van der Waals surface area contributed by atoms with Gasteiger partial charge in [0.15, 0.2) is 6.23 Å². The molecule has 1 saturated heterocycles. The van der Waals surface area contributed by atoms with Crippen LogP contribution in [0.5, 0.6) is 5.75 Å². The third-order valence-electron chi connectivity index (χ3n) is 7.10. The Morgan fingerprint density at radius 3 is 2.79 bits per heavy atom. The predicted molar refractivity (Wildman–Crippen MR) is 132 cm³/mol. The maximum atomic E-state index is 6.49. The van der Waals surface area contributed by atoms with Gasteiger partial charge in [0.05, 0.1) is 47.4 Å². The predicted octanol–water partition coefficient (Wildman–Crippen LogP) is 5.81. The van der Waals surface area contributed by atoms with Gasteiger partial charge < -0.3 is 24.6 Å². The molecule has 2 aromatic carbocycles. The highest BCUT2D eigenvalue weighted by molar-refractivity contribution is 5.92. The Morgan fingerprint density at radius 2 is 1.97 bits per heavy atom. The van der Waals surface area contributed by atoms with Crippen molar-refractivity contribution in [2.75, 3.05) is 6.54 Å². The summed E-state index contributed by atoms with van der Waals surface area (Å²) in [5, 5.41) is 4.72. The Balaban J connectivity index is 1.31. The lowest BCUT2D eigenvalue weighted by Gasteiger charge is -2.29. The van der Waals surface area contributed by atoms with Gasteiger partial charge in [0.2, 0.25) is 0 Å². The fourth-order valence-corrected chi connectivity index (χ4v) is 5.38. The van der Waals surface area contributed by atoms with Crippen molar-refractivity contribution in [2.45, 2.75) is 38.5 Å². The zero-order valence-electron chi connectivity index (χ0n) is 19.0. The fraction of sp³-hybridized carbons (Fsp3) is 0.259. The minimum absolute atomic E-state index is 0.0462. The lowest BCUT2D eigenvalue weighted by Crippen LogP contribution is -2.20. The van der Waals surface area contributed by atoms with Crippen molar-refractivity contribution in [1.82, 2.24) is 29.8 Å². The van der Waals surface area contributed by atoms with E-state index in [0.717, 1.165) is 59.0 Å². The average molecular weight is 451 g/mol. The summed E-state index contributed by atoms with van der Waals surface area (Å²) in [6, 6.07) is 15.7. The van der Waals surface area contributed by atoms with Crippen molar-refractivity contribution in [3.05, 3.63) is 67.0 Å². The topological polar surface area (TPSA) is 83.6 Å². The van der Waals surface area contributed by atoms with Crippen LogP contribution in [-0.4, -0.2) is 31.0 Å². The van der Waals surface area contributed by atoms with Crippen LogP contribution in [0.25, 0.3) is 44.7 Å². The summed E-state index contributed by atoms with van der Waals surface area (Å²) in [6.07, 6.45) is 8.67. The third kappa shape index (κ3) is 3.00. The lowest BCUT2D eigenvalue weighted by molar-refractivity contribution is 0.128. The number of ether oxygens (including phenoxy) is 1. The molecule has 170 valence electrons. The minimum atomic E-state index is -0.0462. The smallest absolute Gasteiger partial charge is 0.176 e. The molecule has 0 amide bonds. The second-order valence-electron chi connectivity index (χ2n) is 9.16. The quantitative estimate of drug-likeness (QED) is 0.322. The van der Waals surface area contributed by atoms with E-state index in [9.17, 15) is 0 Å². The second-order valence-corrected chi connectivity index (χ2v) is 9.16. The fourth-order valence-electron chi connectivity index (χ4n) is 5.38.